The van der Waals surface area contributed by atoms with Gasteiger partial charge in [0.25, 0.3) is 0 Å². The van der Waals surface area contributed by atoms with E-state index >= 15 is 0 Å². The second-order valence-electron chi connectivity index (χ2n) is 4.52. The van der Waals surface area contributed by atoms with Crippen molar-refractivity contribution < 1.29 is 9.84 Å². The number of aryl methyl sites for hydroxylation is 1. The monoisotopic (exact) mass is 239 g/mol. The molecule has 17 heavy (non-hydrogen) atoms. The van der Waals surface area contributed by atoms with Crippen LogP contribution < -0.4 is 11.1 Å². The molecule has 96 valence electrons. The fourth-order valence-electron chi connectivity index (χ4n) is 1.35. The van der Waals surface area contributed by atoms with Gasteiger partial charge in [-0.1, -0.05) is 0 Å². The first kappa shape index (κ1) is 13.7. The number of hydrogen-bond acceptors (Lipinski definition) is 5. The Morgan fingerprint density at radius 3 is 2.88 bits per heavy atom. The van der Waals surface area contributed by atoms with E-state index in [1.807, 2.05) is 13.0 Å². The maximum absolute atomic E-state index is 10.0. The molecule has 0 bridgehead atoms. The molecule has 1 atom stereocenters. The number of nitrogens with two attached hydrogens (primary N) is 1. The number of hydrogen-bond donors (Lipinski definition) is 3. The van der Waals surface area contributed by atoms with E-state index in [-0.39, 0.29) is 0 Å². The lowest BCUT2D eigenvalue weighted by atomic mass is 10.0. The second-order valence-corrected chi connectivity index (χ2v) is 4.52. The van der Waals surface area contributed by atoms with Gasteiger partial charge in [-0.15, -0.1) is 0 Å². The molecule has 1 aromatic rings. The van der Waals surface area contributed by atoms with Crippen LogP contribution in [0.2, 0.25) is 0 Å². The van der Waals surface area contributed by atoms with Crippen LogP contribution in [0.5, 0.6) is 0 Å². The summed E-state index contributed by atoms with van der Waals surface area (Å²) in [5.74, 6) is 0.717. The molecule has 5 nitrogen and oxygen atoms in total. The van der Waals surface area contributed by atoms with Crippen molar-refractivity contribution >= 4 is 11.5 Å². The number of nitrogens with zero attached hydrogens (tertiary/aromatic N) is 1. The number of aliphatic hydroxyl groups is 1. The van der Waals surface area contributed by atoms with Gasteiger partial charge < -0.3 is 20.9 Å². The van der Waals surface area contributed by atoms with Crippen LogP contribution >= 0.6 is 0 Å². The normalized spacial score (nSPS) is 14.4. The number of methoxy groups -OCH3 is 1. The van der Waals surface area contributed by atoms with Gasteiger partial charge in [-0.05, 0) is 25.5 Å². The molecule has 0 spiro atoms. The topological polar surface area (TPSA) is 80.4 Å². The van der Waals surface area contributed by atoms with E-state index in [9.17, 15) is 5.11 Å². The zero-order chi connectivity index (χ0) is 12.9. The van der Waals surface area contributed by atoms with Crippen molar-refractivity contribution in [2.24, 2.45) is 0 Å². The van der Waals surface area contributed by atoms with Crippen molar-refractivity contribution in [2.75, 3.05) is 31.3 Å². The first-order chi connectivity index (χ1) is 7.94. The number of pyridine rings is 1. The molecule has 0 saturated carbocycles. The first-order valence-corrected chi connectivity index (χ1v) is 5.62. The summed E-state index contributed by atoms with van der Waals surface area (Å²) in [5.41, 5.74) is 6.51. The fraction of sp³-hybridized carbons (Fsp3) is 0.583. The molecule has 0 aromatic carbocycles. The summed E-state index contributed by atoms with van der Waals surface area (Å²) in [6.07, 6.45) is 2.19. The van der Waals surface area contributed by atoms with Crippen LogP contribution in [0.15, 0.2) is 12.3 Å². The molecule has 0 aliphatic heterocycles. The predicted molar refractivity (Wildman–Crippen MR) is 69.0 cm³/mol. The van der Waals surface area contributed by atoms with Crippen LogP contribution in [-0.4, -0.2) is 36.0 Å². The average molecular weight is 239 g/mol. The molecule has 1 rings (SSSR count). The number of nitrogen functional groups attached to an aromatic ring is 1. The lowest BCUT2D eigenvalue weighted by Crippen LogP contribution is -2.34. The molecule has 4 N–H and O–H groups in total. The molecule has 5 heteroatoms. The lowest BCUT2D eigenvalue weighted by Gasteiger charge is -2.23. The Morgan fingerprint density at radius 1 is 1.59 bits per heavy atom. The Bertz CT molecular complexity index is 367. The van der Waals surface area contributed by atoms with Gasteiger partial charge in [0.1, 0.15) is 5.82 Å². The SMILES string of the molecule is COCCC(C)(O)CNc1cc(C)c(N)cn1. The third-order valence-electron chi connectivity index (χ3n) is 2.65. The van der Waals surface area contributed by atoms with E-state index in [0.717, 1.165) is 11.4 Å². The molecule has 1 heterocycles. The van der Waals surface area contributed by atoms with Crippen molar-refractivity contribution in [1.29, 1.82) is 0 Å². The maximum atomic E-state index is 10.0. The number of aromatic nitrogens is 1. The second kappa shape index (κ2) is 5.84. The molecule has 1 aromatic heterocycles. The standard InChI is InChI=1S/C12H21N3O2/c1-9-6-11(14-7-10(9)13)15-8-12(2,16)4-5-17-3/h6-7,16H,4-5,8,13H2,1-3H3,(H,14,15). The third-order valence-corrected chi connectivity index (χ3v) is 2.65. The van der Waals surface area contributed by atoms with Crippen LogP contribution in [0.3, 0.4) is 0 Å². The minimum atomic E-state index is -0.813. The Morgan fingerprint density at radius 2 is 2.29 bits per heavy atom. The van der Waals surface area contributed by atoms with Crippen molar-refractivity contribution in [3.63, 3.8) is 0 Å². The Labute approximate surface area is 102 Å². The van der Waals surface area contributed by atoms with Crippen LogP contribution in [-0.2, 0) is 4.74 Å². The first-order valence-electron chi connectivity index (χ1n) is 5.62. The molecule has 0 saturated heterocycles. The summed E-state index contributed by atoms with van der Waals surface area (Å²) in [7, 11) is 1.62. The zero-order valence-electron chi connectivity index (χ0n) is 10.7. The summed E-state index contributed by atoms with van der Waals surface area (Å²) in [6, 6.07) is 1.86. The van der Waals surface area contributed by atoms with Gasteiger partial charge in [0.15, 0.2) is 0 Å². The van der Waals surface area contributed by atoms with Crippen LogP contribution in [0.25, 0.3) is 0 Å². The quantitative estimate of drug-likeness (QED) is 0.694. The molecule has 0 aliphatic carbocycles. The highest BCUT2D eigenvalue weighted by molar-refractivity contribution is 5.50. The van der Waals surface area contributed by atoms with Gasteiger partial charge in [-0.3, -0.25) is 0 Å². The molecule has 0 radical (unpaired) electrons. The van der Waals surface area contributed by atoms with E-state index in [2.05, 4.69) is 10.3 Å². The number of nitrogens with one attached hydrogen (secondary N) is 1. The summed E-state index contributed by atoms with van der Waals surface area (Å²) in [5, 5.41) is 13.1. The molecular formula is C12H21N3O2. The molecule has 1 unspecified atom stereocenters. The van der Waals surface area contributed by atoms with Gasteiger partial charge in [0.05, 0.1) is 17.5 Å². The van der Waals surface area contributed by atoms with Crippen molar-refractivity contribution in [1.82, 2.24) is 4.98 Å². The summed E-state index contributed by atoms with van der Waals surface area (Å²) >= 11 is 0. The molecule has 0 fully saturated rings. The van der Waals surface area contributed by atoms with E-state index in [0.29, 0.717) is 25.3 Å². The molecular weight excluding hydrogens is 218 g/mol. The van der Waals surface area contributed by atoms with Crippen molar-refractivity contribution in [3.05, 3.63) is 17.8 Å². The highest BCUT2D eigenvalue weighted by Gasteiger charge is 2.19. The number of ether oxygens (including phenoxy) is 1. The van der Waals surface area contributed by atoms with Gasteiger partial charge in [-0.25, -0.2) is 4.98 Å². The van der Waals surface area contributed by atoms with Crippen LogP contribution in [0.4, 0.5) is 11.5 Å². The number of rotatable bonds is 6. The van der Waals surface area contributed by atoms with Crippen molar-refractivity contribution in [2.45, 2.75) is 25.9 Å². The highest BCUT2D eigenvalue weighted by atomic mass is 16.5. The number of anilines is 2. The van der Waals surface area contributed by atoms with Gasteiger partial charge in [-0.2, -0.15) is 0 Å². The minimum absolute atomic E-state index is 0.423. The van der Waals surface area contributed by atoms with E-state index < -0.39 is 5.60 Å². The summed E-state index contributed by atoms with van der Waals surface area (Å²) in [6.45, 7) is 4.64. The Balaban J connectivity index is 2.51. The minimum Gasteiger partial charge on any atom is -0.397 e. The van der Waals surface area contributed by atoms with E-state index in [4.69, 9.17) is 10.5 Å². The highest BCUT2D eigenvalue weighted by Crippen LogP contribution is 2.15. The van der Waals surface area contributed by atoms with Gasteiger partial charge in [0, 0.05) is 26.7 Å². The van der Waals surface area contributed by atoms with Crippen molar-refractivity contribution in [3.8, 4) is 0 Å². The van der Waals surface area contributed by atoms with Crippen LogP contribution in [0, 0.1) is 6.92 Å². The van der Waals surface area contributed by atoms with E-state index in [1.54, 1.807) is 20.2 Å². The largest absolute Gasteiger partial charge is 0.397 e. The fourth-order valence-corrected chi connectivity index (χ4v) is 1.35. The lowest BCUT2D eigenvalue weighted by molar-refractivity contribution is 0.0357. The van der Waals surface area contributed by atoms with E-state index in [1.165, 1.54) is 0 Å². The zero-order valence-corrected chi connectivity index (χ0v) is 10.7. The van der Waals surface area contributed by atoms with Gasteiger partial charge >= 0.3 is 0 Å². The predicted octanol–water partition coefficient (Wildman–Crippen LogP) is 1.17. The summed E-state index contributed by atoms with van der Waals surface area (Å²) < 4.78 is 4.94. The smallest absolute Gasteiger partial charge is 0.126 e. The third kappa shape index (κ3) is 4.58. The van der Waals surface area contributed by atoms with Gasteiger partial charge in [0.2, 0.25) is 0 Å². The average Bonchev–Trinajstić information content (AvgIpc) is 2.28. The molecule has 0 aliphatic rings. The summed E-state index contributed by atoms with van der Waals surface area (Å²) in [4.78, 5) is 4.14. The van der Waals surface area contributed by atoms with Crippen LogP contribution in [0.1, 0.15) is 18.9 Å². The Hall–Kier alpha value is -1.33. The Kier molecular flexibility index (Phi) is 4.72. The molecule has 0 amide bonds. The maximum Gasteiger partial charge on any atom is 0.126 e.